The summed E-state index contributed by atoms with van der Waals surface area (Å²) in [5.41, 5.74) is 2.00. The smallest absolute Gasteiger partial charge is 0.0625 e. The molecule has 1 heterocycles. The average molecular weight is 157 g/mol. The van der Waals surface area contributed by atoms with Crippen LogP contribution in [0.3, 0.4) is 0 Å². The van der Waals surface area contributed by atoms with Gasteiger partial charge in [0.25, 0.3) is 0 Å². The molecule has 2 heteroatoms. The molecular weight excluding hydrogens is 142 g/mol. The predicted octanol–water partition coefficient (Wildman–Crippen LogP) is 2.57. The zero-order valence-electron chi connectivity index (χ0n) is 6.71. The molecule has 1 aliphatic heterocycles. The minimum absolute atomic E-state index is 0.616. The Bertz CT molecular complexity index is 122. The Hall–Kier alpha value is 0.0200. The Morgan fingerprint density at radius 1 is 1.80 bits per heavy atom. The second kappa shape index (κ2) is 4.02. The van der Waals surface area contributed by atoms with Crippen LogP contribution in [-0.4, -0.2) is 17.3 Å². The molecule has 0 saturated heterocycles. The fourth-order valence-electron chi connectivity index (χ4n) is 1.26. The summed E-state index contributed by atoms with van der Waals surface area (Å²) in [5, 5.41) is 0. The summed E-state index contributed by atoms with van der Waals surface area (Å²) < 4.78 is 0. The van der Waals surface area contributed by atoms with E-state index >= 15 is 0 Å². The van der Waals surface area contributed by atoms with Crippen molar-refractivity contribution in [3.05, 3.63) is 0 Å². The first-order chi connectivity index (χ1) is 4.84. The molecule has 1 rings (SSSR count). The summed E-state index contributed by atoms with van der Waals surface area (Å²) in [6.45, 7) is 4.54. The zero-order chi connectivity index (χ0) is 7.40. The van der Waals surface area contributed by atoms with E-state index in [9.17, 15) is 0 Å². The third-order valence-electron chi connectivity index (χ3n) is 1.99. The summed E-state index contributed by atoms with van der Waals surface area (Å²) >= 11 is 1.84. The molecule has 0 aromatic rings. The van der Waals surface area contributed by atoms with Crippen molar-refractivity contribution in [1.29, 1.82) is 0 Å². The van der Waals surface area contributed by atoms with Gasteiger partial charge in [-0.25, -0.2) is 0 Å². The van der Waals surface area contributed by atoms with Crippen molar-refractivity contribution in [3.8, 4) is 0 Å². The summed E-state index contributed by atoms with van der Waals surface area (Å²) in [6, 6.07) is 0.616. The minimum atomic E-state index is 0.616. The summed E-state index contributed by atoms with van der Waals surface area (Å²) in [6.07, 6.45) is 2.61. The number of rotatable bonds is 3. The average Bonchev–Trinajstić information content (AvgIpc) is 2.38. The van der Waals surface area contributed by atoms with Crippen molar-refractivity contribution in [2.24, 2.45) is 10.9 Å². The molecule has 0 radical (unpaired) electrons. The van der Waals surface area contributed by atoms with Gasteiger partial charge in [0.1, 0.15) is 0 Å². The van der Waals surface area contributed by atoms with Crippen LogP contribution in [0.25, 0.3) is 0 Å². The van der Waals surface area contributed by atoms with Crippen molar-refractivity contribution >= 4 is 17.3 Å². The van der Waals surface area contributed by atoms with Gasteiger partial charge in [0, 0.05) is 5.75 Å². The van der Waals surface area contributed by atoms with Crippen molar-refractivity contribution < 1.29 is 0 Å². The lowest BCUT2D eigenvalue weighted by molar-refractivity contribution is 0.456. The zero-order valence-corrected chi connectivity index (χ0v) is 7.53. The molecule has 1 aliphatic rings. The monoisotopic (exact) mass is 157 g/mol. The highest BCUT2D eigenvalue weighted by Crippen LogP contribution is 2.21. The van der Waals surface area contributed by atoms with Crippen LogP contribution < -0.4 is 0 Å². The van der Waals surface area contributed by atoms with Crippen molar-refractivity contribution in [2.45, 2.75) is 32.7 Å². The van der Waals surface area contributed by atoms with Gasteiger partial charge in [0.05, 0.1) is 11.6 Å². The highest BCUT2D eigenvalue weighted by atomic mass is 32.2. The van der Waals surface area contributed by atoms with Crippen LogP contribution in [-0.2, 0) is 0 Å². The Morgan fingerprint density at radius 2 is 2.60 bits per heavy atom. The fourth-order valence-corrected chi connectivity index (χ4v) is 2.21. The molecule has 2 unspecified atom stereocenters. The molecule has 0 aromatic heterocycles. The molecule has 2 atom stereocenters. The molecule has 1 nitrogen and oxygen atoms in total. The quantitative estimate of drug-likeness (QED) is 0.613. The van der Waals surface area contributed by atoms with E-state index in [2.05, 4.69) is 18.8 Å². The van der Waals surface area contributed by atoms with E-state index in [0.717, 1.165) is 5.92 Å². The molecule has 0 fully saturated rings. The van der Waals surface area contributed by atoms with Gasteiger partial charge in [-0.15, -0.1) is 11.8 Å². The van der Waals surface area contributed by atoms with E-state index in [1.807, 2.05) is 17.3 Å². The molecule has 0 bridgehead atoms. The van der Waals surface area contributed by atoms with Gasteiger partial charge >= 0.3 is 0 Å². The molecule has 58 valence electrons. The summed E-state index contributed by atoms with van der Waals surface area (Å²) in [5.74, 6) is 2.00. The first-order valence-corrected chi connectivity index (χ1v) is 5.02. The van der Waals surface area contributed by atoms with Crippen molar-refractivity contribution in [1.82, 2.24) is 0 Å². The van der Waals surface area contributed by atoms with Crippen molar-refractivity contribution in [2.75, 3.05) is 5.75 Å². The third kappa shape index (κ3) is 2.01. The van der Waals surface area contributed by atoms with Gasteiger partial charge in [0.2, 0.25) is 0 Å². The minimum Gasteiger partial charge on any atom is -0.282 e. The highest BCUT2D eigenvalue weighted by Gasteiger charge is 2.17. The number of thioether (sulfide) groups is 1. The van der Waals surface area contributed by atoms with Crippen LogP contribution in [0.5, 0.6) is 0 Å². The van der Waals surface area contributed by atoms with Gasteiger partial charge in [-0.05, 0) is 12.3 Å². The van der Waals surface area contributed by atoms with Crippen LogP contribution in [0, 0.1) is 5.92 Å². The van der Waals surface area contributed by atoms with Crippen LogP contribution in [0.4, 0.5) is 0 Å². The summed E-state index contributed by atoms with van der Waals surface area (Å²) in [7, 11) is 0. The molecular formula is C8H15NS. The maximum Gasteiger partial charge on any atom is 0.0625 e. The Kier molecular flexibility index (Phi) is 3.26. The largest absolute Gasteiger partial charge is 0.282 e. The Morgan fingerprint density at radius 3 is 3.10 bits per heavy atom. The maximum absolute atomic E-state index is 4.39. The number of hydrogen-bond donors (Lipinski definition) is 0. The molecule has 0 aromatic carbocycles. The molecule has 0 spiro atoms. The first kappa shape index (κ1) is 8.12. The van der Waals surface area contributed by atoms with Crippen LogP contribution in [0.15, 0.2) is 4.99 Å². The lowest BCUT2D eigenvalue weighted by Crippen LogP contribution is -2.15. The summed E-state index contributed by atoms with van der Waals surface area (Å²) in [4.78, 5) is 4.39. The lowest BCUT2D eigenvalue weighted by atomic mass is 9.99. The van der Waals surface area contributed by atoms with E-state index in [4.69, 9.17) is 0 Å². The van der Waals surface area contributed by atoms with Crippen LogP contribution in [0.2, 0.25) is 0 Å². The van der Waals surface area contributed by atoms with Gasteiger partial charge in [-0.3, -0.25) is 4.99 Å². The highest BCUT2D eigenvalue weighted by molar-refractivity contribution is 8.12. The first-order valence-electron chi connectivity index (χ1n) is 3.98. The van der Waals surface area contributed by atoms with E-state index < -0.39 is 0 Å². The topological polar surface area (TPSA) is 12.4 Å². The fraction of sp³-hybridized carbons (Fsp3) is 0.875. The molecule has 0 saturated carbocycles. The Balaban J connectivity index is 2.26. The van der Waals surface area contributed by atoms with Gasteiger partial charge in [-0.2, -0.15) is 0 Å². The van der Waals surface area contributed by atoms with Gasteiger partial charge in [0.15, 0.2) is 0 Å². The lowest BCUT2D eigenvalue weighted by Gasteiger charge is -2.14. The van der Waals surface area contributed by atoms with E-state index in [1.54, 1.807) is 0 Å². The van der Waals surface area contributed by atoms with Gasteiger partial charge < -0.3 is 0 Å². The standard InChI is InChI=1S/C8H15NS/c1-3-4-7(2)8-5-10-6-9-8/h6-8H,3-5H2,1-2H3. The van der Waals surface area contributed by atoms with Gasteiger partial charge in [-0.1, -0.05) is 20.3 Å². The predicted molar refractivity (Wildman–Crippen MR) is 48.8 cm³/mol. The van der Waals surface area contributed by atoms with E-state index in [-0.39, 0.29) is 0 Å². The molecule has 0 amide bonds. The van der Waals surface area contributed by atoms with E-state index in [0.29, 0.717) is 6.04 Å². The molecule has 10 heavy (non-hydrogen) atoms. The van der Waals surface area contributed by atoms with E-state index in [1.165, 1.54) is 18.6 Å². The van der Waals surface area contributed by atoms with Crippen LogP contribution in [0.1, 0.15) is 26.7 Å². The van der Waals surface area contributed by atoms with Crippen LogP contribution >= 0.6 is 11.8 Å². The van der Waals surface area contributed by atoms with Crippen molar-refractivity contribution in [3.63, 3.8) is 0 Å². The SMILES string of the molecule is CCCC(C)C1CSC=N1. The maximum atomic E-state index is 4.39. The second-order valence-corrected chi connectivity index (χ2v) is 3.80. The third-order valence-corrected chi connectivity index (χ3v) is 2.80. The molecule has 0 aliphatic carbocycles. The second-order valence-electron chi connectivity index (χ2n) is 2.92. The number of nitrogens with zero attached hydrogens (tertiary/aromatic N) is 1. The molecule has 0 N–H and O–H groups in total. The number of hydrogen-bond acceptors (Lipinski definition) is 2. The normalized spacial score (nSPS) is 27.2. The number of aliphatic imine (C=N–C) groups is 1. The Labute approximate surface area is 67.3 Å².